The maximum atomic E-state index is 13.7. The molecule has 3 aromatic rings. The van der Waals surface area contributed by atoms with Crippen molar-refractivity contribution in [2.75, 3.05) is 11.1 Å². The molecule has 8 heteroatoms. The Kier molecular flexibility index (Phi) is 5.55. The summed E-state index contributed by atoms with van der Waals surface area (Å²) in [6, 6.07) is 9.78. The van der Waals surface area contributed by atoms with Crippen molar-refractivity contribution in [2.45, 2.75) is 25.0 Å². The number of hydrogen-bond donors (Lipinski definition) is 1. The summed E-state index contributed by atoms with van der Waals surface area (Å²) in [7, 11) is 0. The second-order valence-electron chi connectivity index (χ2n) is 6.14. The van der Waals surface area contributed by atoms with Crippen molar-refractivity contribution in [2.24, 2.45) is 0 Å². The average Bonchev–Trinajstić information content (AvgIpc) is 2.62. The van der Waals surface area contributed by atoms with Crippen LogP contribution in [0.2, 0.25) is 0 Å². The lowest BCUT2D eigenvalue weighted by Gasteiger charge is -2.16. The predicted octanol–water partition coefficient (Wildman–Crippen LogP) is 3.99. The summed E-state index contributed by atoms with van der Waals surface area (Å²) in [5.74, 6) is -2.13. The molecule has 0 aliphatic heterocycles. The third-order valence-electron chi connectivity index (χ3n) is 3.83. The Bertz CT molecular complexity index is 1070. The first-order valence-corrected chi connectivity index (χ1v) is 9.24. The molecule has 0 atom stereocenters. The van der Waals surface area contributed by atoms with Crippen LogP contribution in [0.1, 0.15) is 19.9 Å². The monoisotopic (exact) mass is 389 g/mol. The van der Waals surface area contributed by atoms with E-state index in [9.17, 15) is 18.4 Å². The van der Waals surface area contributed by atoms with Crippen LogP contribution in [0.25, 0.3) is 10.9 Å². The molecule has 0 fully saturated rings. The smallest absolute Gasteiger partial charge is 0.262 e. The van der Waals surface area contributed by atoms with Crippen LogP contribution in [-0.4, -0.2) is 21.2 Å². The van der Waals surface area contributed by atoms with Crippen LogP contribution in [0, 0.1) is 11.6 Å². The molecule has 0 saturated carbocycles. The van der Waals surface area contributed by atoms with Gasteiger partial charge in [0.15, 0.2) is 5.16 Å². The highest BCUT2D eigenvalue weighted by atomic mass is 32.2. The maximum absolute atomic E-state index is 13.7. The number of halogens is 2. The van der Waals surface area contributed by atoms with Gasteiger partial charge in [-0.1, -0.05) is 23.9 Å². The Balaban J connectivity index is 1.82. The van der Waals surface area contributed by atoms with Gasteiger partial charge in [-0.3, -0.25) is 14.2 Å². The van der Waals surface area contributed by atoms with Crippen molar-refractivity contribution in [3.8, 4) is 0 Å². The number of fused-ring (bicyclic) bond motifs is 1. The summed E-state index contributed by atoms with van der Waals surface area (Å²) < 4.78 is 28.1. The second-order valence-corrected chi connectivity index (χ2v) is 7.08. The molecule has 1 N–H and O–H groups in total. The summed E-state index contributed by atoms with van der Waals surface area (Å²) in [6.07, 6.45) is 0. The van der Waals surface area contributed by atoms with Crippen LogP contribution < -0.4 is 10.9 Å². The fourth-order valence-electron chi connectivity index (χ4n) is 2.59. The second kappa shape index (κ2) is 7.87. The minimum absolute atomic E-state index is 0.0751. The molecule has 0 saturated heterocycles. The van der Waals surface area contributed by atoms with Gasteiger partial charge in [0.05, 0.1) is 22.3 Å². The third-order valence-corrected chi connectivity index (χ3v) is 4.78. The molecular weight excluding hydrogens is 372 g/mol. The normalized spacial score (nSPS) is 11.1. The van der Waals surface area contributed by atoms with E-state index < -0.39 is 17.5 Å². The van der Waals surface area contributed by atoms with Gasteiger partial charge in [0, 0.05) is 12.1 Å². The minimum Gasteiger partial charge on any atom is -0.323 e. The molecule has 1 amide bonds. The lowest BCUT2D eigenvalue weighted by Crippen LogP contribution is -2.25. The first-order chi connectivity index (χ1) is 12.9. The Morgan fingerprint density at radius 2 is 1.96 bits per heavy atom. The standard InChI is InChI=1S/C19H17F2N3O2S/c1-11(2)24-18(26)13-5-3-4-6-15(13)23-19(24)27-10-17(25)22-16-8-7-12(20)9-14(16)21/h3-9,11H,10H2,1-2H3,(H,22,25). The SMILES string of the molecule is CC(C)n1c(SCC(=O)Nc2ccc(F)cc2F)nc2ccccc2c1=O. The van der Waals surface area contributed by atoms with E-state index in [-0.39, 0.29) is 23.0 Å². The molecule has 2 aromatic carbocycles. The molecule has 0 bridgehead atoms. The number of para-hydroxylation sites is 1. The highest BCUT2D eigenvalue weighted by molar-refractivity contribution is 7.99. The first kappa shape index (κ1) is 19.0. The van der Waals surface area contributed by atoms with Crippen LogP contribution in [0.15, 0.2) is 52.4 Å². The zero-order valence-corrected chi connectivity index (χ0v) is 15.5. The molecule has 140 valence electrons. The van der Waals surface area contributed by atoms with Crippen LogP contribution in [-0.2, 0) is 4.79 Å². The van der Waals surface area contributed by atoms with E-state index in [1.807, 2.05) is 13.8 Å². The number of benzene rings is 2. The van der Waals surface area contributed by atoms with Crippen molar-refractivity contribution in [1.82, 2.24) is 9.55 Å². The largest absolute Gasteiger partial charge is 0.323 e. The molecule has 0 aliphatic carbocycles. The summed E-state index contributed by atoms with van der Waals surface area (Å²) in [6.45, 7) is 3.71. The number of nitrogens with one attached hydrogen (secondary N) is 1. The lowest BCUT2D eigenvalue weighted by atomic mass is 10.2. The van der Waals surface area contributed by atoms with Gasteiger partial charge in [0.1, 0.15) is 11.6 Å². The van der Waals surface area contributed by atoms with Gasteiger partial charge >= 0.3 is 0 Å². The molecule has 1 heterocycles. The number of amides is 1. The summed E-state index contributed by atoms with van der Waals surface area (Å²) in [4.78, 5) is 29.4. The molecule has 0 spiro atoms. The predicted molar refractivity (Wildman–Crippen MR) is 102 cm³/mol. The van der Waals surface area contributed by atoms with Gasteiger partial charge in [-0.05, 0) is 38.1 Å². The number of thioether (sulfide) groups is 1. The fourth-order valence-corrected chi connectivity index (χ4v) is 3.52. The van der Waals surface area contributed by atoms with Gasteiger partial charge in [0.2, 0.25) is 5.91 Å². The number of aromatic nitrogens is 2. The fraction of sp³-hybridized carbons (Fsp3) is 0.211. The van der Waals surface area contributed by atoms with E-state index in [4.69, 9.17) is 0 Å². The first-order valence-electron chi connectivity index (χ1n) is 8.26. The number of rotatable bonds is 5. The summed E-state index contributed by atoms with van der Waals surface area (Å²) >= 11 is 1.08. The van der Waals surface area contributed by atoms with Crippen molar-refractivity contribution < 1.29 is 13.6 Å². The topological polar surface area (TPSA) is 64.0 Å². The molecule has 5 nitrogen and oxygen atoms in total. The van der Waals surface area contributed by atoms with Crippen molar-refractivity contribution in [1.29, 1.82) is 0 Å². The Morgan fingerprint density at radius 3 is 2.67 bits per heavy atom. The quantitative estimate of drug-likeness (QED) is 0.529. The average molecular weight is 389 g/mol. The van der Waals surface area contributed by atoms with E-state index in [2.05, 4.69) is 10.3 Å². The van der Waals surface area contributed by atoms with Gasteiger partial charge in [-0.15, -0.1) is 0 Å². The molecule has 3 rings (SSSR count). The van der Waals surface area contributed by atoms with E-state index in [0.717, 1.165) is 23.9 Å². The van der Waals surface area contributed by atoms with Crippen LogP contribution >= 0.6 is 11.8 Å². The van der Waals surface area contributed by atoms with Crippen molar-refractivity contribution in [3.63, 3.8) is 0 Å². The zero-order chi connectivity index (χ0) is 19.6. The van der Waals surface area contributed by atoms with Gasteiger partial charge in [-0.2, -0.15) is 0 Å². The van der Waals surface area contributed by atoms with Crippen molar-refractivity contribution >= 4 is 34.3 Å². The van der Waals surface area contributed by atoms with Crippen molar-refractivity contribution in [3.05, 3.63) is 64.5 Å². The minimum atomic E-state index is -0.851. The number of anilines is 1. The molecule has 1 aromatic heterocycles. The highest BCUT2D eigenvalue weighted by Crippen LogP contribution is 2.22. The maximum Gasteiger partial charge on any atom is 0.262 e. The number of hydrogen-bond acceptors (Lipinski definition) is 4. The van der Waals surface area contributed by atoms with E-state index in [0.29, 0.717) is 22.1 Å². The Morgan fingerprint density at radius 1 is 1.22 bits per heavy atom. The van der Waals surface area contributed by atoms with Crippen LogP contribution in [0.3, 0.4) is 0 Å². The van der Waals surface area contributed by atoms with Crippen LogP contribution in [0.4, 0.5) is 14.5 Å². The van der Waals surface area contributed by atoms with Gasteiger partial charge in [-0.25, -0.2) is 13.8 Å². The van der Waals surface area contributed by atoms with Gasteiger partial charge < -0.3 is 5.32 Å². The van der Waals surface area contributed by atoms with E-state index in [1.165, 1.54) is 4.57 Å². The molecule has 0 unspecified atom stereocenters. The molecular formula is C19H17F2N3O2S. The third kappa shape index (κ3) is 4.16. The zero-order valence-electron chi connectivity index (χ0n) is 14.7. The summed E-state index contributed by atoms with van der Waals surface area (Å²) in [5, 5.41) is 3.31. The summed E-state index contributed by atoms with van der Waals surface area (Å²) in [5.41, 5.74) is 0.268. The molecule has 27 heavy (non-hydrogen) atoms. The van der Waals surface area contributed by atoms with E-state index >= 15 is 0 Å². The molecule has 0 aliphatic rings. The number of carbonyl (C=O) groups is 1. The van der Waals surface area contributed by atoms with Gasteiger partial charge in [0.25, 0.3) is 5.56 Å². The highest BCUT2D eigenvalue weighted by Gasteiger charge is 2.16. The van der Waals surface area contributed by atoms with E-state index in [1.54, 1.807) is 24.3 Å². The lowest BCUT2D eigenvalue weighted by molar-refractivity contribution is -0.113. The Labute approximate surface area is 158 Å². The Hall–Kier alpha value is -2.74. The molecule has 0 radical (unpaired) electrons. The number of nitrogens with zero attached hydrogens (tertiary/aromatic N) is 2. The number of carbonyl (C=O) groups excluding carboxylic acids is 1. The van der Waals surface area contributed by atoms with Crippen LogP contribution in [0.5, 0.6) is 0 Å².